The van der Waals surface area contributed by atoms with E-state index in [4.69, 9.17) is 4.52 Å². The van der Waals surface area contributed by atoms with Crippen LogP contribution in [0.2, 0.25) is 0 Å². The molecule has 0 spiro atoms. The molecule has 0 aliphatic rings. The average Bonchev–Trinajstić information content (AvgIpc) is 2.80. The van der Waals surface area contributed by atoms with Crippen LogP contribution in [0.3, 0.4) is 0 Å². The van der Waals surface area contributed by atoms with Crippen molar-refractivity contribution in [3.8, 4) is 0 Å². The smallest absolute Gasteiger partial charge is 0.236 e. The summed E-state index contributed by atoms with van der Waals surface area (Å²) in [5.74, 6) is 2.07. The van der Waals surface area contributed by atoms with Gasteiger partial charge in [-0.05, 0) is 45.4 Å². The zero-order chi connectivity index (χ0) is 14.6. The highest BCUT2D eigenvalue weighted by molar-refractivity contribution is 7.98. The van der Waals surface area contributed by atoms with Crippen LogP contribution in [-0.4, -0.2) is 15.7 Å². The van der Waals surface area contributed by atoms with Crippen molar-refractivity contribution in [2.75, 3.05) is 0 Å². The Bertz CT molecular complexity index is 543. The Kier molecular flexibility index (Phi) is 4.83. The molecule has 1 aromatic heterocycles. The number of aromatic nitrogens is 2. The van der Waals surface area contributed by atoms with Crippen molar-refractivity contribution in [2.24, 2.45) is 0 Å². The van der Waals surface area contributed by atoms with Gasteiger partial charge in [0.25, 0.3) is 0 Å². The molecule has 4 nitrogen and oxygen atoms in total. The summed E-state index contributed by atoms with van der Waals surface area (Å²) in [6, 6.07) is 8.57. The molecule has 0 fully saturated rings. The minimum atomic E-state index is 0.142. The van der Waals surface area contributed by atoms with E-state index in [0.717, 1.165) is 6.54 Å². The third-order valence-corrected chi connectivity index (χ3v) is 3.67. The topological polar surface area (TPSA) is 51.0 Å². The molecule has 0 radical (unpaired) electrons. The fraction of sp³-hybridized carbons (Fsp3) is 0.467. The number of rotatable bonds is 5. The van der Waals surface area contributed by atoms with Crippen LogP contribution in [0.4, 0.5) is 0 Å². The maximum atomic E-state index is 5.09. The lowest BCUT2D eigenvalue weighted by Crippen LogP contribution is -2.35. The molecule has 5 heteroatoms. The van der Waals surface area contributed by atoms with Crippen LogP contribution in [0.25, 0.3) is 0 Å². The Morgan fingerprint density at radius 1 is 1.20 bits per heavy atom. The second kappa shape index (κ2) is 6.41. The van der Waals surface area contributed by atoms with Crippen LogP contribution in [0.5, 0.6) is 0 Å². The van der Waals surface area contributed by atoms with Crippen LogP contribution in [0, 0.1) is 6.92 Å². The van der Waals surface area contributed by atoms with Gasteiger partial charge in [0.1, 0.15) is 0 Å². The highest BCUT2D eigenvalue weighted by Gasteiger charge is 2.08. The second-order valence-electron chi connectivity index (χ2n) is 5.77. The number of nitrogens with one attached hydrogen (secondary N) is 1. The van der Waals surface area contributed by atoms with Gasteiger partial charge in [0.05, 0.1) is 5.75 Å². The van der Waals surface area contributed by atoms with E-state index in [0.29, 0.717) is 17.5 Å². The van der Waals surface area contributed by atoms with E-state index in [2.05, 4.69) is 60.5 Å². The first-order chi connectivity index (χ1) is 9.42. The number of benzene rings is 1. The van der Waals surface area contributed by atoms with Gasteiger partial charge in [0.15, 0.2) is 5.82 Å². The highest BCUT2D eigenvalue weighted by Crippen LogP contribution is 2.22. The Morgan fingerprint density at radius 2 is 1.90 bits per heavy atom. The third kappa shape index (κ3) is 4.98. The average molecular weight is 291 g/mol. The molecular formula is C15H21N3OS. The van der Waals surface area contributed by atoms with Crippen LogP contribution in [0.15, 0.2) is 33.7 Å². The zero-order valence-electron chi connectivity index (χ0n) is 12.4. The van der Waals surface area contributed by atoms with E-state index >= 15 is 0 Å². The van der Waals surface area contributed by atoms with Crippen molar-refractivity contribution < 1.29 is 4.52 Å². The number of hydrogen-bond donors (Lipinski definition) is 1. The first kappa shape index (κ1) is 15.1. The van der Waals surface area contributed by atoms with Crippen molar-refractivity contribution in [2.45, 2.75) is 50.4 Å². The van der Waals surface area contributed by atoms with Gasteiger partial charge in [-0.15, -0.1) is 11.8 Å². The van der Waals surface area contributed by atoms with E-state index in [9.17, 15) is 0 Å². The van der Waals surface area contributed by atoms with Gasteiger partial charge in [-0.1, -0.05) is 17.3 Å². The molecule has 0 aliphatic carbocycles. The standard InChI is InChI=1S/C15H21N3OS/c1-11-17-14(19-18-11)10-20-13-7-5-12(6-8-13)9-16-15(2,3)4/h5-8,16H,9-10H2,1-4H3. The lowest BCUT2D eigenvalue weighted by molar-refractivity contribution is 0.387. The molecule has 0 atom stereocenters. The van der Waals surface area contributed by atoms with Crippen molar-refractivity contribution in [3.05, 3.63) is 41.5 Å². The van der Waals surface area contributed by atoms with Crippen LogP contribution >= 0.6 is 11.8 Å². The Morgan fingerprint density at radius 3 is 2.45 bits per heavy atom. The van der Waals surface area contributed by atoms with E-state index in [1.807, 2.05) is 6.92 Å². The maximum absolute atomic E-state index is 5.09. The number of thioether (sulfide) groups is 1. The third-order valence-electron chi connectivity index (χ3n) is 2.68. The molecule has 0 unspecified atom stereocenters. The summed E-state index contributed by atoms with van der Waals surface area (Å²) >= 11 is 1.70. The monoisotopic (exact) mass is 291 g/mol. The molecular weight excluding hydrogens is 270 g/mol. The molecule has 0 aliphatic heterocycles. The molecule has 2 rings (SSSR count). The lowest BCUT2D eigenvalue weighted by Gasteiger charge is -2.20. The minimum absolute atomic E-state index is 0.142. The van der Waals surface area contributed by atoms with E-state index in [1.54, 1.807) is 11.8 Å². The Hall–Kier alpha value is -1.33. The molecule has 1 N–H and O–H groups in total. The maximum Gasteiger partial charge on any atom is 0.236 e. The lowest BCUT2D eigenvalue weighted by atomic mass is 10.1. The van der Waals surface area contributed by atoms with Gasteiger partial charge < -0.3 is 9.84 Å². The van der Waals surface area contributed by atoms with E-state index < -0.39 is 0 Å². The molecule has 0 saturated carbocycles. The second-order valence-corrected chi connectivity index (χ2v) is 6.82. The van der Waals surface area contributed by atoms with E-state index in [1.165, 1.54) is 10.5 Å². The van der Waals surface area contributed by atoms with Gasteiger partial charge in [0.2, 0.25) is 5.89 Å². The van der Waals surface area contributed by atoms with Gasteiger partial charge in [0, 0.05) is 17.0 Å². The van der Waals surface area contributed by atoms with Crippen LogP contribution in [0.1, 0.15) is 38.0 Å². The Labute approximate surface area is 124 Å². The molecule has 108 valence electrons. The predicted octanol–water partition coefficient (Wildman–Crippen LogP) is 3.56. The molecule has 1 aromatic carbocycles. The molecule has 2 aromatic rings. The summed E-state index contributed by atoms with van der Waals surface area (Å²) in [6.45, 7) is 9.22. The van der Waals surface area contributed by atoms with Crippen LogP contribution in [-0.2, 0) is 12.3 Å². The fourth-order valence-corrected chi connectivity index (χ4v) is 2.35. The summed E-state index contributed by atoms with van der Waals surface area (Å²) < 4.78 is 5.09. The normalized spacial score (nSPS) is 11.8. The summed E-state index contributed by atoms with van der Waals surface area (Å²) in [6.07, 6.45) is 0. The highest BCUT2D eigenvalue weighted by atomic mass is 32.2. The first-order valence-corrected chi connectivity index (χ1v) is 7.67. The van der Waals surface area contributed by atoms with E-state index in [-0.39, 0.29) is 5.54 Å². The number of nitrogens with zero attached hydrogens (tertiary/aromatic N) is 2. The van der Waals surface area contributed by atoms with Gasteiger partial charge in [-0.2, -0.15) is 4.98 Å². The summed E-state index contributed by atoms with van der Waals surface area (Å²) in [5.41, 5.74) is 1.43. The van der Waals surface area contributed by atoms with Gasteiger partial charge >= 0.3 is 0 Å². The SMILES string of the molecule is Cc1noc(CSc2ccc(CNC(C)(C)C)cc2)n1. The summed E-state index contributed by atoms with van der Waals surface area (Å²) in [7, 11) is 0. The van der Waals surface area contributed by atoms with Crippen molar-refractivity contribution >= 4 is 11.8 Å². The van der Waals surface area contributed by atoms with Crippen LogP contribution < -0.4 is 5.32 Å². The summed E-state index contributed by atoms with van der Waals surface area (Å²) in [5, 5.41) is 7.26. The molecule has 0 amide bonds. The quantitative estimate of drug-likeness (QED) is 0.854. The van der Waals surface area contributed by atoms with Gasteiger partial charge in [-0.25, -0.2) is 0 Å². The molecule has 0 bridgehead atoms. The zero-order valence-corrected chi connectivity index (χ0v) is 13.3. The molecule has 20 heavy (non-hydrogen) atoms. The molecule has 1 heterocycles. The van der Waals surface area contributed by atoms with Crippen molar-refractivity contribution in [1.82, 2.24) is 15.5 Å². The van der Waals surface area contributed by atoms with Crippen molar-refractivity contribution in [1.29, 1.82) is 0 Å². The minimum Gasteiger partial charge on any atom is -0.338 e. The predicted molar refractivity (Wildman–Crippen MR) is 81.6 cm³/mol. The Balaban J connectivity index is 1.85. The van der Waals surface area contributed by atoms with Gasteiger partial charge in [-0.3, -0.25) is 0 Å². The van der Waals surface area contributed by atoms with Crippen molar-refractivity contribution in [3.63, 3.8) is 0 Å². The first-order valence-electron chi connectivity index (χ1n) is 6.68. The molecule has 0 saturated heterocycles. The summed E-state index contributed by atoms with van der Waals surface area (Å²) in [4.78, 5) is 5.40. The number of aryl methyl sites for hydroxylation is 1. The largest absolute Gasteiger partial charge is 0.338 e. The number of hydrogen-bond acceptors (Lipinski definition) is 5. The fourth-order valence-electron chi connectivity index (χ4n) is 1.61.